The van der Waals surface area contributed by atoms with Gasteiger partial charge in [-0.25, -0.2) is 9.37 Å². The Morgan fingerprint density at radius 3 is 2.61 bits per heavy atom. The van der Waals surface area contributed by atoms with Crippen LogP contribution in [-0.4, -0.2) is 16.0 Å². The van der Waals surface area contributed by atoms with Gasteiger partial charge in [0.15, 0.2) is 10.7 Å². The molecule has 0 fully saturated rings. The third-order valence-electron chi connectivity index (χ3n) is 4.93. The predicted molar refractivity (Wildman–Crippen MR) is 124 cm³/mol. The Hall–Kier alpha value is -3.58. The second-order valence-corrected chi connectivity index (χ2v) is 7.53. The first-order valence-corrected chi connectivity index (χ1v) is 10.2. The van der Waals surface area contributed by atoms with Gasteiger partial charge in [0.25, 0.3) is 5.91 Å². The first-order valence-electron chi connectivity index (χ1n) is 9.81. The molecule has 4 aromatic rings. The van der Waals surface area contributed by atoms with Crippen molar-refractivity contribution in [3.63, 3.8) is 0 Å². The molecule has 156 valence electrons. The third kappa shape index (κ3) is 4.62. The van der Waals surface area contributed by atoms with Crippen LogP contribution in [0, 0.1) is 12.7 Å². The zero-order chi connectivity index (χ0) is 22.0. The van der Waals surface area contributed by atoms with Gasteiger partial charge in [0.1, 0.15) is 11.3 Å². The summed E-state index contributed by atoms with van der Waals surface area (Å²) in [6.45, 7) is 4.02. The van der Waals surface area contributed by atoms with Crippen LogP contribution in [0.1, 0.15) is 28.4 Å². The highest BCUT2D eigenvalue weighted by atomic mass is 32.1. The molecule has 0 aliphatic carbocycles. The molecular formula is C24H20FN3O2S. The number of fused-ring (bicyclic) bond motifs is 1. The zero-order valence-electron chi connectivity index (χ0n) is 17.0. The first-order chi connectivity index (χ1) is 14.9. The van der Waals surface area contributed by atoms with Gasteiger partial charge in [-0.15, -0.1) is 0 Å². The van der Waals surface area contributed by atoms with Crippen molar-refractivity contribution in [2.45, 2.75) is 20.3 Å². The standard InChI is InChI=1S/C24H20FN3O2S/c1-3-15-5-11-21-20(12-15)26-23(30-21)17-6-4-14(2)19(13-17)27-24(31)28-22(29)16-7-9-18(25)10-8-16/h4-13H,3H2,1-2H3,(H2,27,28,29,31). The molecule has 0 aliphatic rings. The molecule has 0 radical (unpaired) electrons. The average Bonchev–Trinajstić information content (AvgIpc) is 3.19. The van der Waals surface area contributed by atoms with Gasteiger partial charge in [0.2, 0.25) is 5.89 Å². The van der Waals surface area contributed by atoms with E-state index in [2.05, 4.69) is 22.5 Å². The van der Waals surface area contributed by atoms with Gasteiger partial charge in [-0.3, -0.25) is 10.1 Å². The molecule has 0 atom stereocenters. The number of hydrogen-bond acceptors (Lipinski definition) is 4. The van der Waals surface area contributed by atoms with Crippen LogP contribution in [-0.2, 0) is 6.42 Å². The maximum absolute atomic E-state index is 13.0. The third-order valence-corrected chi connectivity index (χ3v) is 5.13. The number of nitrogens with zero attached hydrogens (tertiary/aromatic N) is 1. The number of oxazole rings is 1. The van der Waals surface area contributed by atoms with Crippen molar-refractivity contribution in [3.05, 3.63) is 83.2 Å². The van der Waals surface area contributed by atoms with Gasteiger partial charge in [-0.2, -0.15) is 0 Å². The molecule has 0 bridgehead atoms. The van der Waals surface area contributed by atoms with Gasteiger partial charge in [0.05, 0.1) is 0 Å². The molecule has 4 rings (SSSR count). The molecule has 3 aromatic carbocycles. The van der Waals surface area contributed by atoms with Crippen LogP contribution in [0.25, 0.3) is 22.6 Å². The summed E-state index contributed by atoms with van der Waals surface area (Å²) in [5, 5.41) is 5.78. The quantitative estimate of drug-likeness (QED) is 0.408. The number of aryl methyl sites for hydroxylation is 2. The van der Waals surface area contributed by atoms with Crippen molar-refractivity contribution in [3.8, 4) is 11.5 Å². The van der Waals surface area contributed by atoms with Crippen LogP contribution >= 0.6 is 12.2 Å². The van der Waals surface area contributed by atoms with E-state index in [1.807, 2.05) is 43.3 Å². The van der Waals surface area contributed by atoms with Crippen LogP contribution in [0.4, 0.5) is 10.1 Å². The molecule has 7 heteroatoms. The van der Waals surface area contributed by atoms with E-state index in [1.54, 1.807) is 0 Å². The molecule has 0 aliphatic heterocycles. The minimum Gasteiger partial charge on any atom is -0.436 e. The molecule has 2 N–H and O–H groups in total. The van der Waals surface area contributed by atoms with E-state index in [-0.39, 0.29) is 5.11 Å². The minimum atomic E-state index is -0.419. The van der Waals surface area contributed by atoms with Crippen molar-refractivity contribution in [2.75, 3.05) is 5.32 Å². The van der Waals surface area contributed by atoms with E-state index in [4.69, 9.17) is 16.6 Å². The Labute approximate surface area is 184 Å². The molecular weight excluding hydrogens is 413 g/mol. The van der Waals surface area contributed by atoms with Crippen molar-refractivity contribution in [1.29, 1.82) is 0 Å². The van der Waals surface area contributed by atoms with Crippen molar-refractivity contribution >= 4 is 40.0 Å². The van der Waals surface area contributed by atoms with E-state index in [9.17, 15) is 9.18 Å². The van der Waals surface area contributed by atoms with Crippen LogP contribution in [0.3, 0.4) is 0 Å². The Balaban J connectivity index is 1.53. The summed E-state index contributed by atoms with van der Waals surface area (Å²) < 4.78 is 19.0. The lowest BCUT2D eigenvalue weighted by molar-refractivity contribution is 0.0977. The molecule has 1 aromatic heterocycles. The first kappa shape index (κ1) is 20.7. The van der Waals surface area contributed by atoms with E-state index in [1.165, 1.54) is 29.8 Å². The lowest BCUT2D eigenvalue weighted by atomic mass is 10.1. The van der Waals surface area contributed by atoms with E-state index in [0.29, 0.717) is 11.5 Å². The van der Waals surface area contributed by atoms with Crippen molar-refractivity contribution < 1.29 is 13.6 Å². The minimum absolute atomic E-state index is 0.139. The summed E-state index contributed by atoms with van der Waals surface area (Å²) in [6, 6.07) is 16.9. The predicted octanol–water partition coefficient (Wildman–Crippen LogP) is 5.63. The Morgan fingerprint density at radius 1 is 1.10 bits per heavy atom. The Morgan fingerprint density at radius 2 is 1.87 bits per heavy atom. The molecule has 1 amide bonds. The lowest BCUT2D eigenvalue weighted by Gasteiger charge is -2.12. The van der Waals surface area contributed by atoms with Crippen LogP contribution in [0.2, 0.25) is 0 Å². The van der Waals surface area contributed by atoms with Crippen LogP contribution in [0.15, 0.2) is 65.1 Å². The van der Waals surface area contributed by atoms with Crippen molar-refractivity contribution in [2.24, 2.45) is 0 Å². The van der Waals surface area contributed by atoms with Gasteiger partial charge >= 0.3 is 0 Å². The molecule has 0 saturated heterocycles. The van der Waals surface area contributed by atoms with Gasteiger partial charge < -0.3 is 9.73 Å². The fourth-order valence-electron chi connectivity index (χ4n) is 3.14. The van der Waals surface area contributed by atoms with Crippen LogP contribution < -0.4 is 10.6 Å². The summed E-state index contributed by atoms with van der Waals surface area (Å²) in [5.74, 6) is -0.320. The number of anilines is 1. The number of halogens is 1. The normalized spacial score (nSPS) is 10.8. The number of hydrogen-bond donors (Lipinski definition) is 2. The number of benzene rings is 3. The van der Waals surface area contributed by atoms with Gasteiger partial charge in [0, 0.05) is 16.8 Å². The summed E-state index contributed by atoms with van der Waals surface area (Å²) in [6.07, 6.45) is 0.928. The highest BCUT2D eigenvalue weighted by Gasteiger charge is 2.13. The fraction of sp³-hybridized carbons (Fsp3) is 0.125. The number of thiocarbonyl (C=S) groups is 1. The molecule has 0 spiro atoms. The van der Waals surface area contributed by atoms with Crippen molar-refractivity contribution in [1.82, 2.24) is 10.3 Å². The van der Waals surface area contributed by atoms with Gasteiger partial charge in [-0.1, -0.05) is 19.1 Å². The topological polar surface area (TPSA) is 67.2 Å². The van der Waals surface area contributed by atoms with E-state index < -0.39 is 11.7 Å². The van der Waals surface area contributed by atoms with Crippen LogP contribution in [0.5, 0.6) is 0 Å². The highest BCUT2D eigenvalue weighted by molar-refractivity contribution is 7.80. The monoisotopic (exact) mass is 433 g/mol. The highest BCUT2D eigenvalue weighted by Crippen LogP contribution is 2.28. The summed E-state index contributed by atoms with van der Waals surface area (Å²) in [5.41, 5.74) is 5.49. The maximum atomic E-state index is 13.0. The second kappa shape index (κ2) is 8.65. The summed E-state index contributed by atoms with van der Waals surface area (Å²) >= 11 is 5.28. The maximum Gasteiger partial charge on any atom is 0.257 e. The zero-order valence-corrected chi connectivity index (χ0v) is 17.8. The summed E-state index contributed by atoms with van der Waals surface area (Å²) in [7, 11) is 0. The molecule has 31 heavy (non-hydrogen) atoms. The number of carbonyl (C=O) groups excluding carboxylic acids is 1. The molecule has 5 nitrogen and oxygen atoms in total. The van der Waals surface area contributed by atoms with E-state index >= 15 is 0 Å². The largest absolute Gasteiger partial charge is 0.436 e. The number of carbonyl (C=O) groups is 1. The second-order valence-electron chi connectivity index (χ2n) is 7.12. The number of aromatic nitrogens is 1. The smallest absolute Gasteiger partial charge is 0.257 e. The SMILES string of the molecule is CCc1ccc2oc(-c3ccc(C)c(NC(=S)NC(=O)c4ccc(F)cc4)c3)nc2c1. The van der Waals surface area contributed by atoms with E-state index in [0.717, 1.165) is 34.3 Å². The summed E-state index contributed by atoms with van der Waals surface area (Å²) in [4.78, 5) is 16.9. The lowest BCUT2D eigenvalue weighted by Crippen LogP contribution is -2.34. The average molecular weight is 434 g/mol. The molecule has 1 heterocycles. The number of rotatable bonds is 4. The van der Waals surface area contributed by atoms with Gasteiger partial charge in [-0.05, 0) is 85.2 Å². The fourth-order valence-corrected chi connectivity index (χ4v) is 3.34. The number of amides is 1. The Bertz CT molecular complexity index is 1280. The Kier molecular flexibility index (Phi) is 5.77. The molecule has 0 unspecified atom stereocenters. The number of nitrogens with one attached hydrogen (secondary N) is 2. The molecule has 0 saturated carbocycles.